The second kappa shape index (κ2) is 6.32. The van der Waals surface area contributed by atoms with Gasteiger partial charge in [0.25, 0.3) is 0 Å². The molecule has 4 rings (SSSR count). The van der Waals surface area contributed by atoms with Crippen LogP contribution in [0.3, 0.4) is 0 Å². The first-order chi connectivity index (χ1) is 12.2. The Morgan fingerprint density at radius 3 is 2.80 bits per heavy atom. The summed E-state index contributed by atoms with van der Waals surface area (Å²) < 4.78 is 21.7. The SMILES string of the molecule is Cn1nc(-c2ccc(OCc3ccccc3)c(F)c2)c2cn[c]nc21. The van der Waals surface area contributed by atoms with Crippen molar-refractivity contribution >= 4 is 11.0 Å². The average Bonchev–Trinajstić information content (AvgIpc) is 2.99. The summed E-state index contributed by atoms with van der Waals surface area (Å²) in [6.07, 6.45) is 4.17. The highest BCUT2D eigenvalue weighted by Gasteiger charge is 2.14. The van der Waals surface area contributed by atoms with E-state index in [4.69, 9.17) is 4.74 Å². The molecule has 0 amide bonds. The molecule has 2 aromatic heterocycles. The van der Waals surface area contributed by atoms with Gasteiger partial charge in [0.05, 0.1) is 5.39 Å². The number of nitrogens with zero attached hydrogens (tertiary/aromatic N) is 4. The van der Waals surface area contributed by atoms with Crippen LogP contribution in [-0.2, 0) is 13.7 Å². The lowest BCUT2D eigenvalue weighted by atomic mass is 10.1. The van der Waals surface area contributed by atoms with Gasteiger partial charge < -0.3 is 4.74 Å². The second-order valence-electron chi connectivity index (χ2n) is 5.60. The lowest BCUT2D eigenvalue weighted by Gasteiger charge is -2.08. The Morgan fingerprint density at radius 1 is 1.16 bits per heavy atom. The molecule has 0 saturated carbocycles. The first-order valence-electron chi connectivity index (χ1n) is 7.75. The van der Waals surface area contributed by atoms with Gasteiger partial charge in [-0.25, -0.2) is 19.0 Å². The summed E-state index contributed by atoms with van der Waals surface area (Å²) in [6, 6.07) is 14.4. The molecule has 0 atom stereocenters. The van der Waals surface area contributed by atoms with Gasteiger partial charge in [0.2, 0.25) is 0 Å². The van der Waals surface area contributed by atoms with E-state index in [2.05, 4.69) is 21.4 Å². The van der Waals surface area contributed by atoms with Crippen LogP contribution in [0.2, 0.25) is 0 Å². The number of aromatic nitrogens is 4. The zero-order chi connectivity index (χ0) is 17.2. The van der Waals surface area contributed by atoms with Gasteiger partial charge in [-0.1, -0.05) is 30.3 Å². The van der Waals surface area contributed by atoms with Crippen LogP contribution in [0, 0.1) is 12.1 Å². The van der Waals surface area contributed by atoms with Crippen molar-refractivity contribution in [2.75, 3.05) is 0 Å². The van der Waals surface area contributed by atoms with E-state index in [-0.39, 0.29) is 5.75 Å². The number of aryl methyl sites for hydroxylation is 1. The van der Waals surface area contributed by atoms with Crippen molar-refractivity contribution < 1.29 is 9.13 Å². The predicted molar refractivity (Wildman–Crippen MR) is 91.3 cm³/mol. The highest BCUT2D eigenvalue weighted by atomic mass is 19.1. The summed E-state index contributed by atoms with van der Waals surface area (Å²) in [4.78, 5) is 7.98. The van der Waals surface area contributed by atoms with Crippen LogP contribution >= 0.6 is 0 Å². The van der Waals surface area contributed by atoms with Gasteiger partial charge in [-0.2, -0.15) is 5.10 Å². The van der Waals surface area contributed by atoms with Gasteiger partial charge in [-0.15, -0.1) is 0 Å². The van der Waals surface area contributed by atoms with Crippen LogP contribution in [0.15, 0.2) is 54.7 Å². The standard InChI is InChI=1S/C19H14FN4O/c1-24-19-15(10-21-12-22-19)18(23-24)14-7-8-17(16(20)9-14)25-11-13-5-3-2-4-6-13/h2-10H,11H2,1H3. The molecule has 4 aromatic rings. The van der Waals surface area contributed by atoms with Gasteiger partial charge in [-0.3, -0.25) is 0 Å². The van der Waals surface area contributed by atoms with Crippen molar-refractivity contribution in [2.45, 2.75) is 6.61 Å². The van der Waals surface area contributed by atoms with E-state index < -0.39 is 5.82 Å². The zero-order valence-electron chi connectivity index (χ0n) is 13.5. The molecule has 1 radical (unpaired) electrons. The summed E-state index contributed by atoms with van der Waals surface area (Å²) in [5, 5.41) is 5.16. The molecule has 5 nitrogen and oxygen atoms in total. The van der Waals surface area contributed by atoms with Crippen LogP contribution in [0.1, 0.15) is 5.56 Å². The first kappa shape index (κ1) is 15.3. The lowest BCUT2D eigenvalue weighted by molar-refractivity contribution is 0.290. The molecule has 0 fully saturated rings. The number of halogens is 1. The highest BCUT2D eigenvalue weighted by molar-refractivity contribution is 5.90. The van der Waals surface area contributed by atoms with E-state index in [1.807, 2.05) is 30.3 Å². The minimum absolute atomic E-state index is 0.206. The van der Waals surface area contributed by atoms with E-state index in [0.29, 0.717) is 23.5 Å². The molecule has 0 bridgehead atoms. The highest BCUT2D eigenvalue weighted by Crippen LogP contribution is 2.29. The number of benzene rings is 2. The van der Waals surface area contributed by atoms with Crippen molar-refractivity contribution in [3.8, 4) is 17.0 Å². The molecule has 25 heavy (non-hydrogen) atoms. The molecule has 2 aromatic carbocycles. The van der Waals surface area contributed by atoms with E-state index in [0.717, 1.165) is 10.9 Å². The number of hydrogen-bond donors (Lipinski definition) is 0. The molecule has 123 valence electrons. The fraction of sp³-hybridized carbons (Fsp3) is 0.105. The largest absolute Gasteiger partial charge is 0.486 e. The number of hydrogen-bond acceptors (Lipinski definition) is 4. The monoisotopic (exact) mass is 333 g/mol. The lowest BCUT2D eigenvalue weighted by Crippen LogP contribution is -1.97. The predicted octanol–water partition coefficient (Wildman–Crippen LogP) is 3.55. The number of fused-ring (bicyclic) bond motifs is 1. The van der Waals surface area contributed by atoms with Gasteiger partial charge in [0.15, 0.2) is 23.5 Å². The third-order valence-corrected chi connectivity index (χ3v) is 3.90. The summed E-state index contributed by atoms with van der Waals surface area (Å²) in [5.41, 5.74) is 2.90. The Balaban J connectivity index is 1.63. The number of ether oxygens (including phenoxy) is 1. The summed E-state index contributed by atoms with van der Waals surface area (Å²) in [5.74, 6) is -0.229. The molecule has 0 spiro atoms. The maximum absolute atomic E-state index is 14.4. The molecular weight excluding hydrogens is 319 g/mol. The van der Waals surface area contributed by atoms with Crippen LogP contribution in [0.4, 0.5) is 4.39 Å². The fourth-order valence-electron chi connectivity index (χ4n) is 2.67. The quantitative estimate of drug-likeness (QED) is 0.573. The molecule has 2 heterocycles. The Morgan fingerprint density at radius 2 is 2.00 bits per heavy atom. The van der Waals surface area contributed by atoms with Crippen molar-refractivity contribution in [1.29, 1.82) is 0 Å². The molecule has 0 aliphatic carbocycles. The Kier molecular flexibility index (Phi) is 3.85. The van der Waals surface area contributed by atoms with E-state index >= 15 is 0 Å². The molecule has 0 N–H and O–H groups in total. The molecule has 0 aliphatic rings. The minimum Gasteiger partial charge on any atom is -0.486 e. The molecule has 0 unspecified atom stereocenters. The van der Waals surface area contributed by atoms with Crippen molar-refractivity contribution in [3.63, 3.8) is 0 Å². The molecule has 0 saturated heterocycles. The fourth-order valence-corrected chi connectivity index (χ4v) is 2.67. The van der Waals surface area contributed by atoms with Crippen LogP contribution in [-0.4, -0.2) is 19.7 Å². The third-order valence-electron chi connectivity index (χ3n) is 3.90. The topological polar surface area (TPSA) is 52.8 Å². The van der Waals surface area contributed by atoms with Gasteiger partial charge in [0, 0.05) is 18.8 Å². The molecule has 6 heteroatoms. The molecular formula is C19H14FN4O. The Labute approximate surface area is 143 Å². The van der Waals surface area contributed by atoms with Crippen LogP contribution < -0.4 is 4.74 Å². The Hall–Kier alpha value is -3.28. The summed E-state index contributed by atoms with van der Waals surface area (Å²) >= 11 is 0. The summed E-state index contributed by atoms with van der Waals surface area (Å²) in [6.45, 7) is 0.313. The normalized spacial score (nSPS) is 11.0. The maximum atomic E-state index is 14.4. The van der Waals surface area contributed by atoms with Crippen molar-refractivity contribution in [3.05, 3.63) is 72.4 Å². The first-order valence-corrected chi connectivity index (χ1v) is 7.75. The van der Waals surface area contributed by atoms with Gasteiger partial charge in [0.1, 0.15) is 12.3 Å². The van der Waals surface area contributed by atoms with Crippen LogP contribution in [0.25, 0.3) is 22.3 Å². The van der Waals surface area contributed by atoms with Gasteiger partial charge in [-0.05, 0) is 23.8 Å². The molecule has 0 aliphatic heterocycles. The van der Waals surface area contributed by atoms with E-state index in [9.17, 15) is 4.39 Å². The third kappa shape index (κ3) is 2.94. The van der Waals surface area contributed by atoms with E-state index in [1.165, 1.54) is 6.07 Å². The second-order valence-corrected chi connectivity index (χ2v) is 5.60. The average molecular weight is 333 g/mol. The Bertz CT molecular complexity index is 1030. The van der Waals surface area contributed by atoms with Crippen LogP contribution in [0.5, 0.6) is 5.75 Å². The summed E-state index contributed by atoms with van der Waals surface area (Å²) in [7, 11) is 1.78. The van der Waals surface area contributed by atoms with Crippen molar-refractivity contribution in [1.82, 2.24) is 19.7 Å². The number of rotatable bonds is 4. The minimum atomic E-state index is -0.435. The maximum Gasteiger partial charge on any atom is 0.199 e. The zero-order valence-corrected chi connectivity index (χ0v) is 13.5. The van der Waals surface area contributed by atoms with Gasteiger partial charge >= 0.3 is 0 Å². The van der Waals surface area contributed by atoms with Crippen molar-refractivity contribution in [2.24, 2.45) is 7.05 Å². The smallest absolute Gasteiger partial charge is 0.199 e. The van der Waals surface area contributed by atoms with E-state index in [1.54, 1.807) is 30.1 Å².